The van der Waals surface area contributed by atoms with Gasteiger partial charge in [0.05, 0.1) is 37.5 Å². The lowest BCUT2D eigenvalue weighted by molar-refractivity contribution is 0.0600. The second kappa shape index (κ2) is 8.79. The zero-order valence-electron chi connectivity index (χ0n) is 15.0. The fraction of sp³-hybridized carbons (Fsp3) is 0.130. The van der Waals surface area contributed by atoms with E-state index in [1.54, 1.807) is 24.3 Å². The molecule has 0 spiro atoms. The summed E-state index contributed by atoms with van der Waals surface area (Å²) < 4.78 is 10.7. The van der Waals surface area contributed by atoms with Crippen LogP contribution in [0, 0.1) is 11.3 Å². The van der Waals surface area contributed by atoms with Crippen LogP contribution in [0.1, 0.15) is 27.0 Å². The number of nitrogens with zero attached hydrogens (tertiary/aromatic N) is 1. The van der Waals surface area contributed by atoms with E-state index in [0.29, 0.717) is 24.3 Å². The maximum Gasteiger partial charge on any atom is 0.337 e. The molecule has 0 radical (unpaired) electrons. The van der Waals surface area contributed by atoms with Gasteiger partial charge in [-0.25, -0.2) is 4.79 Å². The Balaban J connectivity index is 1.86. The number of carbonyl (C=O) groups excluding carboxylic acids is 1. The van der Waals surface area contributed by atoms with Crippen molar-refractivity contribution in [2.24, 2.45) is 0 Å². The Labute approximate surface area is 158 Å². The van der Waals surface area contributed by atoms with Crippen LogP contribution in [-0.4, -0.2) is 13.1 Å². The standard InChI is InChI=1S/C23H19NO3/c1-26-23(25)22-12-19(16-27-15-17-6-3-2-4-7-17)11-21(13-22)20-9-5-8-18(10-20)14-24/h2-13H,15-16H2,1H3. The molecule has 0 N–H and O–H groups in total. The number of hydrogen-bond donors (Lipinski definition) is 0. The molecule has 4 heteroatoms. The summed E-state index contributed by atoms with van der Waals surface area (Å²) in [7, 11) is 1.36. The minimum Gasteiger partial charge on any atom is -0.465 e. The summed E-state index contributed by atoms with van der Waals surface area (Å²) in [6, 6.07) is 24.8. The van der Waals surface area contributed by atoms with E-state index in [1.807, 2.05) is 48.5 Å². The van der Waals surface area contributed by atoms with Crippen molar-refractivity contribution in [1.82, 2.24) is 0 Å². The van der Waals surface area contributed by atoms with E-state index >= 15 is 0 Å². The second-order valence-corrected chi connectivity index (χ2v) is 6.08. The Morgan fingerprint density at radius 3 is 2.41 bits per heavy atom. The third-order valence-corrected chi connectivity index (χ3v) is 4.12. The lowest BCUT2D eigenvalue weighted by Gasteiger charge is -2.10. The normalized spacial score (nSPS) is 10.2. The molecular formula is C23H19NO3. The highest BCUT2D eigenvalue weighted by molar-refractivity contribution is 5.91. The summed E-state index contributed by atoms with van der Waals surface area (Å²) in [5.41, 5.74) is 4.68. The molecule has 0 aliphatic rings. The van der Waals surface area contributed by atoms with Crippen LogP contribution in [0.2, 0.25) is 0 Å². The number of methoxy groups -OCH3 is 1. The first-order chi connectivity index (χ1) is 13.2. The molecule has 0 bridgehead atoms. The van der Waals surface area contributed by atoms with Crippen molar-refractivity contribution in [3.63, 3.8) is 0 Å². The summed E-state index contributed by atoms with van der Waals surface area (Å²) >= 11 is 0. The number of carbonyl (C=O) groups is 1. The Morgan fingerprint density at radius 2 is 1.67 bits per heavy atom. The third kappa shape index (κ3) is 4.81. The number of nitriles is 1. The van der Waals surface area contributed by atoms with E-state index in [2.05, 4.69) is 6.07 Å². The van der Waals surface area contributed by atoms with E-state index in [4.69, 9.17) is 14.7 Å². The maximum absolute atomic E-state index is 12.1. The van der Waals surface area contributed by atoms with Crippen molar-refractivity contribution in [2.75, 3.05) is 7.11 Å². The SMILES string of the molecule is COC(=O)c1cc(COCc2ccccc2)cc(-c2cccc(C#N)c2)c1. The lowest BCUT2D eigenvalue weighted by atomic mass is 9.98. The van der Waals surface area contributed by atoms with Gasteiger partial charge in [0.15, 0.2) is 0 Å². The summed E-state index contributed by atoms with van der Waals surface area (Å²) in [4.78, 5) is 12.1. The summed E-state index contributed by atoms with van der Waals surface area (Å²) in [6.45, 7) is 0.854. The minimum atomic E-state index is -0.405. The average molecular weight is 357 g/mol. The monoisotopic (exact) mass is 357 g/mol. The van der Waals surface area contributed by atoms with Crippen LogP contribution < -0.4 is 0 Å². The van der Waals surface area contributed by atoms with Gasteiger partial charge in [-0.1, -0.05) is 42.5 Å². The number of benzene rings is 3. The topological polar surface area (TPSA) is 59.3 Å². The molecule has 0 saturated heterocycles. The van der Waals surface area contributed by atoms with Crippen LogP contribution in [0.15, 0.2) is 72.8 Å². The number of ether oxygens (including phenoxy) is 2. The molecule has 4 nitrogen and oxygen atoms in total. The van der Waals surface area contributed by atoms with Gasteiger partial charge >= 0.3 is 5.97 Å². The first kappa shape index (κ1) is 18.4. The van der Waals surface area contributed by atoms with Crippen molar-refractivity contribution >= 4 is 5.97 Å². The largest absolute Gasteiger partial charge is 0.465 e. The molecule has 0 aliphatic carbocycles. The highest BCUT2D eigenvalue weighted by Crippen LogP contribution is 2.24. The highest BCUT2D eigenvalue weighted by atomic mass is 16.5. The van der Waals surface area contributed by atoms with Crippen molar-refractivity contribution in [2.45, 2.75) is 13.2 Å². The smallest absolute Gasteiger partial charge is 0.337 e. The number of rotatable bonds is 6. The van der Waals surface area contributed by atoms with E-state index in [9.17, 15) is 4.79 Å². The molecular weight excluding hydrogens is 338 g/mol. The third-order valence-electron chi connectivity index (χ3n) is 4.12. The molecule has 0 amide bonds. The Hall–Kier alpha value is -3.42. The molecule has 3 aromatic rings. The van der Waals surface area contributed by atoms with Gasteiger partial charge in [0.25, 0.3) is 0 Å². The van der Waals surface area contributed by atoms with Gasteiger partial charge in [0.1, 0.15) is 0 Å². The Kier molecular flexibility index (Phi) is 5.98. The van der Waals surface area contributed by atoms with Crippen LogP contribution in [0.5, 0.6) is 0 Å². The number of hydrogen-bond acceptors (Lipinski definition) is 4. The van der Waals surface area contributed by atoms with Gasteiger partial charge in [-0.05, 0) is 52.6 Å². The van der Waals surface area contributed by atoms with E-state index in [1.165, 1.54) is 7.11 Å². The molecule has 0 aromatic heterocycles. The van der Waals surface area contributed by atoms with Crippen molar-refractivity contribution in [3.05, 3.63) is 95.1 Å². The average Bonchev–Trinajstić information content (AvgIpc) is 2.73. The van der Waals surface area contributed by atoms with E-state index in [0.717, 1.165) is 22.3 Å². The van der Waals surface area contributed by atoms with Crippen LogP contribution in [-0.2, 0) is 22.7 Å². The maximum atomic E-state index is 12.1. The summed E-state index contributed by atoms with van der Waals surface area (Å²) in [6.07, 6.45) is 0. The first-order valence-corrected chi connectivity index (χ1v) is 8.54. The molecule has 0 unspecified atom stereocenters. The van der Waals surface area contributed by atoms with Gasteiger partial charge in [-0.3, -0.25) is 0 Å². The predicted octanol–water partition coefficient (Wildman–Crippen LogP) is 4.73. The zero-order chi connectivity index (χ0) is 19.1. The number of esters is 1. The van der Waals surface area contributed by atoms with Crippen molar-refractivity contribution in [1.29, 1.82) is 5.26 Å². The Morgan fingerprint density at radius 1 is 0.889 bits per heavy atom. The lowest BCUT2D eigenvalue weighted by Crippen LogP contribution is -2.03. The minimum absolute atomic E-state index is 0.366. The van der Waals surface area contributed by atoms with E-state index in [-0.39, 0.29) is 0 Å². The molecule has 0 heterocycles. The van der Waals surface area contributed by atoms with Crippen LogP contribution >= 0.6 is 0 Å². The van der Waals surface area contributed by atoms with Gasteiger partial charge in [0, 0.05) is 0 Å². The molecule has 0 atom stereocenters. The van der Waals surface area contributed by atoms with Crippen LogP contribution in [0.3, 0.4) is 0 Å². The molecule has 27 heavy (non-hydrogen) atoms. The van der Waals surface area contributed by atoms with Crippen LogP contribution in [0.4, 0.5) is 0 Å². The first-order valence-electron chi connectivity index (χ1n) is 8.54. The highest BCUT2D eigenvalue weighted by Gasteiger charge is 2.11. The van der Waals surface area contributed by atoms with E-state index < -0.39 is 5.97 Å². The zero-order valence-corrected chi connectivity index (χ0v) is 15.0. The molecule has 3 rings (SSSR count). The van der Waals surface area contributed by atoms with Crippen LogP contribution in [0.25, 0.3) is 11.1 Å². The molecule has 0 saturated carbocycles. The summed E-state index contributed by atoms with van der Waals surface area (Å²) in [5.74, 6) is -0.405. The van der Waals surface area contributed by atoms with Crippen molar-refractivity contribution < 1.29 is 14.3 Å². The predicted molar refractivity (Wildman–Crippen MR) is 103 cm³/mol. The van der Waals surface area contributed by atoms with Gasteiger partial charge in [0.2, 0.25) is 0 Å². The molecule has 0 fully saturated rings. The fourth-order valence-corrected chi connectivity index (χ4v) is 2.81. The van der Waals surface area contributed by atoms with Gasteiger partial charge in [-0.15, -0.1) is 0 Å². The molecule has 134 valence electrons. The molecule has 0 aliphatic heterocycles. The Bertz CT molecular complexity index is 974. The fourth-order valence-electron chi connectivity index (χ4n) is 2.81. The van der Waals surface area contributed by atoms with Crippen molar-refractivity contribution in [3.8, 4) is 17.2 Å². The molecule has 3 aromatic carbocycles. The summed E-state index contributed by atoms with van der Waals surface area (Å²) in [5, 5.41) is 9.12. The van der Waals surface area contributed by atoms with Gasteiger partial charge < -0.3 is 9.47 Å². The van der Waals surface area contributed by atoms with Gasteiger partial charge in [-0.2, -0.15) is 5.26 Å². The quantitative estimate of drug-likeness (QED) is 0.599. The second-order valence-electron chi connectivity index (χ2n) is 6.08.